The van der Waals surface area contributed by atoms with Crippen LogP contribution in [0.15, 0.2) is 59.7 Å². The van der Waals surface area contributed by atoms with E-state index in [9.17, 15) is 8.78 Å². The molecule has 0 aliphatic heterocycles. The summed E-state index contributed by atoms with van der Waals surface area (Å²) in [5.74, 6) is 0.359. The Bertz CT molecular complexity index is 917. The number of halogens is 2. The first-order valence-corrected chi connectivity index (χ1v) is 9.01. The van der Waals surface area contributed by atoms with Gasteiger partial charge in [0.15, 0.2) is 5.96 Å². The van der Waals surface area contributed by atoms with Gasteiger partial charge >= 0.3 is 0 Å². The zero-order chi connectivity index (χ0) is 19.9. The van der Waals surface area contributed by atoms with Crippen LogP contribution in [-0.2, 0) is 13.0 Å². The molecule has 2 N–H and O–H groups in total. The van der Waals surface area contributed by atoms with Crippen LogP contribution in [0.5, 0.6) is 0 Å². The lowest BCUT2D eigenvalue weighted by Crippen LogP contribution is -2.39. The Kier molecular flexibility index (Phi) is 6.37. The predicted molar refractivity (Wildman–Crippen MR) is 107 cm³/mol. The maximum absolute atomic E-state index is 13.3. The fourth-order valence-corrected chi connectivity index (χ4v) is 2.97. The zero-order valence-electron chi connectivity index (χ0n) is 15.9. The van der Waals surface area contributed by atoms with Gasteiger partial charge in [-0.25, -0.2) is 13.8 Å². The van der Waals surface area contributed by atoms with Crippen LogP contribution in [0, 0.1) is 11.6 Å². The van der Waals surface area contributed by atoms with E-state index in [0.29, 0.717) is 31.0 Å². The highest BCUT2D eigenvalue weighted by Crippen LogP contribution is 2.16. The molecule has 0 unspecified atom stereocenters. The molecule has 0 bridgehead atoms. The first-order chi connectivity index (χ1) is 13.5. The number of nitrogens with one attached hydrogen (secondary N) is 2. The Morgan fingerprint density at radius 2 is 1.86 bits per heavy atom. The van der Waals surface area contributed by atoms with Crippen molar-refractivity contribution in [2.75, 3.05) is 20.6 Å². The molecule has 7 heteroatoms. The van der Waals surface area contributed by atoms with Crippen LogP contribution < -0.4 is 5.32 Å². The van der Waals surface area contributed by atoms with E-state index >= 15 is 0 Å². The van der Waals surface area contributed by atoms with Gasteiger partial charge in [-0.05, 0) is 29.7 Å². The van der Waals surface area contributed by atoms with Gasteiger partial charge in [0.2, 0.25) is 0 Å². The summed E-state index contributed by atoms with van der Waals surface area (Å²) >= 11 is 0. The second-order valence-corrected chi connectivity index (χ2v) is 6.47. The van der Waals surface area contributed by atoms with Crippen LogP contribution in [0.2, 0.25) is 0 Å². The van der Waals surface area contributed by atoms with E-state index in [0.717, 1.165) is 23.1 Å². The van der Waals surface area contributed by atoms with Crippen LogP contribution >= 0.6 is 0 Å². The van der Waals surface area contributed by atoms with Crippen LogP contribution in [0.3, 0.4) is 0 Å². The number of aromatic nitrogens is 2. The number of hydrogen-bond acceptors (Lipinski definition) is 2. The summed E-state index contributed by atoms with van der Waals surface area (Å²) in [4.78, 5) is 13.9. The van der Waals surface area contributed by atoms with Gasteiger partial charge in [-0.2, -0.15) is 0 Å². The summed E-state index contributed by atoms with van der Waals surface area (Å²) in [5.41, 5.74) is 2.63. The van der Waals surface area contributed by atoms with E-state index in [4.69, 9.17) is 0 Å². The second kappa shape index (κ2) is 9.12. The predicted octanol–water partition coefficient (Wildman–Crippen LogP) is 3.60. The second-order valence-electron chi connectivity index (χ2n) is 6.47. The number of benzene rings is 2. The van der Waals surface area contributed by atoms with E-state index in [1.54, 1.807) is 7.05 Å². The third-order valence-electron chi connectivity index (χ3n) is 4.29. The molecule has 0 spiro atoms. The van der Waals surface area contributed by atoms with Gasteiger partial charge in [-0.15, -0.1) is 0 Å². The van der Waals surface area contributed by atoms with E-state index in [-0.39, 0.29) is 0 Å². The van der Waals surface area contributed by atoms with Gasteiger partial charge < -0.3 is 15.2 Å². The SMILES string of the molecule is CN=C(NCCc1cc(F)cc(F)c1)N(C)Cc1ncc(-c2ccccc2)[nH]1. The smallest absolute Gasteiger partial charge is 0.193 e. The van der Waals surface area contributed by atoms with Crippen molar-refractivity contribution in [3.63, 3.8) is 0 Å². The molecule has 0 amide bonds. The average Bonchev–Trinajstić information content (AvgIpc) is 3.13. The maximum atomic E-state index is 13.3. The summed E-state index contributed by atoms with van der Waals surface area (Å²) in [6.07, 6.45) is 2.30. The van der Waals surface area contributed by atoms with Crippen LogP contribution in [0.25, 0.3) is 11.3 Å². The minimum Gasteiger partial charge on any atom is -0.356 e. The number of nitrogens with zero attached hydrogens (tertiary/aromatic N) is 3. The summed E-state index contributed by atoms with van der Waals surface area (Å²) in [6.45, 7) is 1.05. The molecule has 0 saturated carbocycles. The highest BCUT2D eigenvalue weighted by Gasteiger charge is 2.10. The third kappa shape index (κ3) is 5.16. The highest BCUT2D eigenvalue weighted by atomic mass is 19.1. The van der Waals surface area contributed by atoms with Crippen molar-refractivity contribution in [3.8, 4) is 11.3 Å². The van der Waals surface area contributed by atoms with Crippen molar-refractivity contribution in [1.82, 2.24) is 20.2 Å². The first-order valence-electron chi connectivity index (χ1n) is 9.01. The van der Waals surface area contributed by atoms with Crippen molar-refractivity contribution in [3.05, 3.63) is 77.8 Å². The number of imidazole rings is 1. The number of hydrogen-bond donors (Lipinski definition) is 2. The Balaban J connectivity index is 1.55. The standard InChI is InChI=1S/C21H23F2N5/c1-24-21(25-9-8-15-10-17(22)12-18(23)11-15)28(2)14-20-26-13-19(27-20)16-6-4-3-5-7-16/h3-7,10-13H,8-9,14H2,1-2H3,(H,24,25)(H,26,27). The lowest BCUT2D eigenvalue weighted by atomic mass is 10.1. The number of guanidine groups is 1. The molecule has 0 atom stereocenters. The molecule has 2 aromatic carbocycles. The van der Waals surface area contributed by atoms with Gasteiger partial charge in [0.05, 0.1) is 18.4 Å². The van der Waals surface area contributed by atoms with Gasteiger partial charge in [0, 0.05) is 26.7 Å². The molecular formula is C21H23F2N5. The molecule has 3 aromatic rings. The van der Waals surface area contributed by atoms with Crippen LogP contribution in [-0.4, -0.2) is 41.5 Å². The fraction of sp³-hybridized carbons (Fsp3) is 0.238. The summed E-state index contributed by atoms with van der Waals surface area (Å²) in [6, 6.07) is 13.5. The molecule has 0 saturated heterocycles. The topological polar surface area (TPSA) is 56.3 Å². The number of rotatable bonds is 6. The lowest BCUT2D eigenvalue weighted by Gasteiger charge is -2.21. The average molecular weight is 383 g/mol. The molecule has 0 aliphatic rings. The minimum atomic E-state index is -0.566. The van der Waals surface area contributed by atoms with Gasteiger partial charge in [-0.1, -0.05) is 30.3 Å². The lowest BCUT2D eigenvalue weighted by molar-refractivity contribution is 0.464. The van der Waals surface area contributed by atoms with Crippen molar-refractivity contribution in [2.24, 2.45) is 4.99 Å². The van der Waals surface area contributed by atoms with E-state index < -0.39 is 11.6 Å². The van der Waals surface area contributed by atoms with Gasteiger partial charge in [0.25, 0.3) is 0 Å². The third-order valence-corrected chi connectivity index (χ3v) is 4.29. The zero-order valence-corrected chi connectivity index (χ0v) is 15.9. The molecule has 0 radical (unpaired) electrons. The molecular weight excluding hydrogens is 360 g/mol. The van der Waals surface area contributed by atoms with Gasteiger partial charge in [0.1, 0.15) is 17.5 Å². The molecule has 1 aromatic heterocycles. The number of aliphatic imine (C=N–C) groups is 1. The molecule has 0 fully saturated rings. The molecule has 0 aliphatic carbocycles. The van der Waals surface area contributed by atoms with Crippen molar-refractivity contribution < 1.29 is 8.78 Å². The molecule has 1 heterocycles. The Labute approximate surface area is 163 Å². The maximum Gasteiger partial charge on any atom is 0.193 e. The van der Waals surface area contributed by atoms with E-state index in [1.165, 1.54) is 12.1 Å². The normalized spacial score (nSPS) is 11.5. The Hall–Kier alpha value is -3.22. The number of H-pyrrole nitrogens is 1. The first kappa shape index (κ1) is 19.5. The van der Waals surface area contributed by atoms with Gasteiger partial charge in [-0.3, -0.25) is 4.99 Å². The highest BCUT2D eigenvalue weighted by molar-refractivity contribution is 5.79. The number of aromatic amines is 1. The Morgan fingerprint density at radius 3 is 2.54 bits per heavy atom. The largest absolute Gasteiger partial charge is 0.356 e. The van der Waals surface area contributed by atoms with Crippen LogP contribution in [0.4, 0.5) is 8.78 Å². The molecule has 3 rings (SSSR count). The van der Waals surface area contributed by atoms with E-state index in [1.807, 2.05) is 48.5 Å². The molecule has 146 valence electrons. The van der Waals surface area contributed by atoms with Crippen molar-refractivity contribution in [1.29, 1.82) is 0 Å². The van der Waals surface area contributed by atoms with Crippen LogP contribution in [0.1, 0.15) is 11.4 Å². The summed E-state index contributed by atoms with van der Waals surface area (Å²) < 4.78 is 26.5. The fourth-order valence-electron chi connectivity index (χ4n) is 2.97. The monoisotopic (exact) mass is 383 g/mol. The Morgan fingerprint density at radius 1 is 1.14 bits per heavy atom. The van der Waals surface area contributed by atoms with E-state index in [2.05, 4.69) is 20.3 Å². The minimum absolute atomic E-state index is 0.487. The van der Waals surface area contributed by atoms with Crippen molar-refractivity contribution in [2.45, 2.75) is 13.0 Å². The summed E-state index contributed by atoms with van der Waals surface area (Å²) in [7, 11) is 3.60. The summed E-state index contributed by atoms with van der Waals surface area (Å²) in [5, 5.41) is 3.20. The molecule has 28 heavy (non-hydrogen) atoms. The van der Waals surface area contributed by atoms with Crippen molar-refractivity contribution >= 4 is 5.96 Å². The quantitative estimate of drug-likeness (QED) is 0.505. The molecule has 5 nitrogen and oxygen atoms in total.